The van der Waals surface area contributed by atoms with Crippen molar-refractivity contribution in [2.24, 2.45) is 18.9 Å². The topological polar surface area (TPSA) is 44.1 Å². The molecule has 15 heavy (non-hydrogen) atoms. The summed E-state index contributed by atoms with van der Waals surface area (Å²) in [5, 5.41) is 0. The molecule has 1 fully saturated rings. The van der Waals surface area contributed by atoms with Crippen LogP contribution in [0.25, 0.3) is 0 Å². The molecule has 1 saturated heterocycles. The van der Waals surface area contributed by atoms with Gasteiger partial charge >= 0.3 is 5.97 Å². The molecule has 0 aromatic carbocycles. The monoisotopic (exact) mass is 218 g/mol. The van der Waals surface area contributed by atoms with Crippen molar-refractivity contribution in [1.29, 1.82) is 0 Å². The van der Waals surface area contributed by atoms with Gasteiger partial charge in [-0.15, -0.1) is 0 Å². The number of hydrogen-bond donors (Lipinski definition) is 0. The molecule has 4 heteroatoms. The third-order valence-electron chi connectivity index (χ3n) is 2.09. The van der Waals surface area contributed by atoms with E-state index >= 15 is 0 Å². The maximum atomic E-state index is 12.1. The van der Waals surface area contributed by atoms with Crippen molar-refractivity contribution in [3.63, 3.8) is 0 Å². The first-order chi connectivity index (χ1) is 11.1. The fraction of sp³-hybridized carbons (Fsp3) is 0.636. The lowest BCUT2D eigenvalue weighted by Crippen LogP contribution is -2.18. The molecule has 2 heterocycles. The second-order valence-electron chi connectivity index (χ2n) is 3.07. The van der Waals surface area contributed by atoms with Crippen LogP contribution in [0.15, 0.2) is 12.5 Å². The Hall–Kier alpha value is -1.32. The van der Waals surface area contributed by atoms with Crippen LogP contribution in [0.4, 0.5) is 0 Å². The summed E-state index contributed by atoms with van der Waals surface area (Å²) in [5.74, 6) is -6.41. The van der Waals surface area contributed by atoms with Crippen molar-refractivity contribution in [3.05, 3.63) is 18.2 Å². The van der Waals surface area contributed by atoms with Crippen LogP contribution in [0.3, 0.4) is 0 Å². The largest absolute Gasteiger partial charge is 0.465 e. The highest BCUT2D eigenvalue weighted by Gasteiger charge is 2.35. The molecule has 0 saturated carbocycles. The molecule has 2 atom stereocenters. The van der Waals surface area contributed by atoms with Gasteiger partial charge < -0.3 is 9.30 Å². The molecular weight excluding hydrogens is 192 g/mol. The van der Waals surface area contributed by atoms with Gasteiger partial charge in [0, 0.05) is 35.8 Å². The minimum Gasteiger partial charge on any atom is -0.465 e. The van der Waals surface area contributed by atoms with E-state index in [0.29, 0.717) is 0 Å². The molecule has 82 valence electrons. The van der Waals surface area contributed by atoms with Crippen molar-refractivity contribution < 1.29 is 23.2 Å². The van der Waals surface area contributed by atoms with Crippen LogP contribution in [0.5, 0.6) is 0 Å². The van der Waals surface area contributed by atoms with Gasteiger partial charge in [0.05, 0.1) is 20.2 Å². The van der Waals surface area contributed by atoms with E-state index in [2.05, 4.69) is 9.72 Å². The highest BCUT2D eigenvalue weighted by molar-refractivity contribution is 5.74. The fourth-order valence-corrected chi connectivity index (χ4v) is 1.29. The molecule has 0 spiro atoms. The van der Waals surface area contributed by atoms with Gasteiger partial charge in [0.15, 0.2) is 0 Å². The lowest BCUT2D eigenvalue weighted by Gasteiger charge is -2.12. The van der Waals surface area contributed by atoms with Crippen LogP contribution in [0.1, 0.15) is 32.6 Å². The van der Waals surface area contributed by atoms with E-state index in [1.54, 1.807) is 0 Å². The third-order valence-corrected chi connectivity index (χ3v) is 2.09. The van der Waals surface area contributed by atoms with Crippen molar-refractivity contribution in [2.45, 2.75) is 19.6 Å². The van der Waals surface area contributed by atoms with Crippen LogP contribution >= 0.6 is 0 Å². The van der Waals surface area contributed by atoms with Gasteiger partial charge in [-0.05, 0) is 12.7 Å². The zero-order chi connectivity index (χ0) is 19.6. The first-order valence-electron chi connectivity index (χ1n) is 9.27. The van der Waals surface area contributed by atoms with Crippen molar-refractivity contribution >= 4 is 5.97 Å². The molecular formula is C11H16N2O2. The maximum absolute atomic E-state index is 12.1. The first-order valence-corrected chi connectivity index (χ1v) is 4.27. The Bertz CT molecular complexity index is 712. The highest BCUT2D eigenvalue weighted by Crippen LogP contribution is 2.27. The Labute approximate surface area is 103 Å². The summed E-state index contributed by atoms with van der Waals surface area (Å²) in [4.78, 5) is 15.6. The number of aromatic nitrogens is 2. The molecule has 2 rings (SSSR count). The van der Waals surface area contributed by atoms with E-state index < -0.39 is 62.2 Å². The Morgan fingerprint density at radius 1 is 2.00 bits per heavy atom. The number of carbonyl (C=O) groups is 1. The van der Waals surface area contributed by atoms with E-state index in [1.807, 2.05) is 0 Å². The molecule has 0 aliphatic carbocycles. The van der Waals surface area contributed by atoms with Gasteiger partial charge in [0.1, 0.15) is 1.37 Å². The molecule has 1 aromatic heterocycles. The standard InChI is InChI=1S/C11H16N2O2/c1-3-10-8(6-15-11(10)14)4-9-5-12-7-13(9)2/h5,7-8,10H,3-4,6H2,1-2H3/t8-,10-/m0/s1/i1D3,3D2,4D2,5D,7D,10D. The average Bonchev–Trinajstić information content (AvgIpc) is 2.88. The Kier molecular flexibility index (Phi) is 0.974. The molecule has 1 aliphatic rings. The zero-order valence-electron chi connectivity index (χ0n) is 18.0. The number of ether oxygens (including phenoxy) is 1. The minimum atomic E-state index is -3.41. The molecule has 4 nitrogen and oxygen atoms in total. The summed E-state index contributed by atoms with van der Waals surface area (Å²) in [7, 11) is 1.25. The van der Waals surface area contributed by atoms with Crippen LogP contribution < -0.4 is 0 Å². The highest BCUT2D eigenvalue weighted by atomic mass is 16.5. The number of carbonyl (C=O) groups excluding carboxylic acids is 1. The summed E-state index contributed by atoms with van der Waals surface area (Å²) in [6.45, 7) is -4.12. The quantitative estimate of drug-likeness (QED) is 0.715. The van der Waals surface area contributed by atoms with E-state index in [9.17, 15) is 4.79 Å². The van der Waals surface area contributed by atoms with Gasteiger partial charge in [-0.25, -0.2) is 4.98 Å². The number of rotatable bonds is 3. The number of nitrogens with zero attached hydrogens (tertiary/aromatic N) is 2. The number of hydrogen-bond acceptors (Lipinski definition) is 3. The summed E-state index contributed by atoms with van der Waals surface area (Å²) in [5.41, 5.74) is -0.459. The van der Waals surface area contributed by atoms with E-state index in [-0.39, 0.29) is 0 Å². The fourth-order valence-electron chi connectivity index (χ4n) is 1.29. The molecule has 0 bridgehead atoms. The molecule has 0 radical (unpaired) electrons. The zero-order valence-corrected chi connectivity index (χ0v) is 8.00. The Balaban J connectivity index is 2.66. The van der Waals surface area contributed by atoms with Crippen molar-refractivity contribution in [1.82, 2.24) is 9.55 Å². The molecule has 0 amide bonds. The smallest absolute Gasteiger partial charge is 0.309 e. The third kappa shape index (κ3) is 1.89. The lowest BCUT2D eigenvalue weighted by molar-refractivity contribution is -0.141. The van der Waals surface area contributed by atoms with Crippen LogP contribution in [0, 0.1) is 11.8 Å². The SMILES string of the molecule is [2H]c1nc([2H])n(C)c1C([2H])([2H])[C@H]1COC(=O)[C@@]1([2H])C([2H])([2H])C([2H])([2H])[2H]. The Morgan fingerprint density at radius 2 is 2.87 bits per heavy atom. The lowest BCUT2D eigenvalue weighted by atomic mass is 9.89. The van der Waals surface area contributed by atoms with Gasteiger partial charge in [-0.2, -0.15) is 0 Å². The summed E-state index contributed by atoms with van der Waals surface area (Å²) in [6.07, 6.45) is -7.18. The normalized spacial score (nSPS) is 43.0. The van der Waals surface area contributed by atoms with Gasteiger partial charge in [-0.1, -0.05) is 6.85 Å². The second kappa shape index (κ2) is 4.04. The number of cyclic esters (lactones) is 1. The average molecular weight is 218 g/mol. The molecule has 0 N–H and O–H groups in total. The van der Waals surface area contributed by atoms with E-state index in [1.165, 1.54) is 7.05 Å². The summed E-state index contributed by atoms with van der Waals surface area (Å²) in [6, 6.07) is 0. The predicted octanol–water partition coefficient (Wildman–Crippen LogP) is 1.16. The molecule has 1 aromatic rings. The molecule has 1 aliphatic heterocycles. The van der Waals surface area contributed by atoms with E-state index in [4.69, 9.17) is 13.7 Å². The Morgan fingerprint density at radius 3 is 3.53 bits per heavy atom. The summed E-state index contributed by atoms with van der Waals surface area (Å²) < 4.78 is 83.4. The first kappa shape index (κ1) is 3.61. The van der Waals surface area contributed by atoms with Crippen molar-refractivity contribution in [2.75, 3.05) is 6.61 Å². The molecule has 0 unspecified atom stereocenters. The van der Waals surface area contributed by atoms with Crippen molar-refractivity contribution in [3.8, 4) is 0 Å². The number of imidazole rings is 1. The van der Waals surface area contributed by atoms with Crippen LogP contribution in [-0.2, 0) is 23.0 Å². The number of esters is 1. The predicted molar refractivity (Wildman–Crippen MR) is 55.1 cm³/mol. The maximum Gasteiger partial charge on any atom is 0.309 e. The summed E-state index contributed by atoms with van der Waals surface area (Å²) >= 11 is 0. The second-order valence-corrected chi connectivity index (χ2v) is 3.07. The van der Waals surface area contributed by atoms with Gasteiger partial charge in [-0.3, -0.25) is 4.79 Å². The van der Waals surface area contributed by atoms with Gasteiger partial charge in [0.25, 0.3) is 0 Å². The minimum absolute atomic E-state index is 0.441. The van der Waals surface area contributed by atoms with E-state index in [0.717, 1.165) is 4.57 Å². The van der Waals surface area contributed by atoms with Crippen LogP contribution in [0.2, 0.25) is 0 Å². The van der Waals surface area contributed by atoms with Crippen LogP contribution in [-0.4, -0.2) is 22.1 Å². The van der Waals surface area contributed by atoms with Gasteiger partial charge in [0.2, 0.25) is 0 Å².